The summed E-state index contributed by atoms with van der Waals surface area (Å²) >= 11 is 0. The highest BCUT2D eigenvalue weighted by Crippen LogP contribution is 2.28. The van der Waals surface area contributed by atoms with Gasteiger partial charge in [-0.2, -0.15) is 5.21 Å². The van der Waals surface area contributed by atoms with Crippen LogP contribution in [0.5, 0.6) is 0 Å². The number of aromatic nitrogens is 5. The Morgan fingerprint density at radius 2 is 1.76 bits per heavy atom. The normalized spacial score (nSPS) is 12.2. The number of nitrogens with two attached hydrogens (primary N) is 1. The number of aliphatic imine (C=N–C) groups is 2. The van der Waals surface area contributed by atoms with Crippen LogP contribution in [0.25, 0.3) is 22.6 Å². The fraction of sp³-hybridized carbons (Fsp3) is 0.200. The van der Waals surface area contributed by atoms with E-state index in [1.807, 2.05) is 72.9 Å². The van der Waals surface area contributed by atoms with Crippen molar-refractivity contribution in [1.82, 2.24) is 25.6 Å². The lowest BCUT2D eigenvalue weighted by atomic mass is 10.0. The van der Waals surface area contributed by atoms with E-state index in [1.54, 1.807) is 0 Å². The molecule has 0 fully saturated rings. The standard InChI is InChI=1S/C25H26N8/c1-2-3-13-23(29-24(26)19-9-5-4-6-10-19)28-17-18-14-15-22(27-16-18)20-11-7-8-12-21(20)25-30-32-33-31-25/h4-12,14-16H,2-3,13,17H2,1H3,(H2,26,28,29)(H,30,31,32,33). The maximum atomic E-state index is 6.22. The van der Waals surface area contributed by atoms with E-state index in [0.29, 0.717) is 18.2 Å². The number of unbranched alkanes of at least 4 members (excludes halogenated alkanes) is 1. The second-order valence-corrected chi connectivity index (χ2v) is 7.53. The van der Waals surface area contributed by atoms with Gasteiger partial charge >= 0.3 is 0 Å². The summed E-state index contributed by atoms with van der Waals surface area (Å²) in [7, 11) is 0. The molecule has 0 amide bonds. The van der Waals surface area contributed by atoms with Gasteiger partial charge in [-0.3, -0.25) is 9.98 Å². The van der Waals surface area contributed by atoms with E-state index >= 15 is 0 Å². The lowest BCUT2D eigenvalue weighted by molar-refractivity contribution is 0.825. The summed E-state index contributed by atoms with van der Waals surface area (Å²) in [5.74, 6) is 1.78. The molecule has 0 radical (unpaired) electrons. The first-order valence-electron chi connectivity index (χ1n) is 11.0. The molecule has 0 aliphatic carbocycles. The highest BCUT2D eigenvalue weighted by molar-refractivity contribution is 6.05. The number of benzene rings is 2. The van der Waals surface area contributed by atoms with Crippen LogP contribution in [-0.4, -0.2) is 37.3 Å². The molecule has 0 bridgehead atoms. The van der Waals surface area contributed by atoms with Crippen LogP contribution in [0.3, 0.4) is 0 Å². The summed E-state index contributed by atoms with van der Waals surface area (Å²) in [5.41, 5.74) is 10.8. The molecule has 0 unspecified atom stereocenters. The largest absolute Gasteiger partial charge is 0.383 e. The number of rotatable bonds is 8. The van der Waals surface area contributed by atoms with E-state index in [0.717, 1.165) is 53.0 Å². The maximum absolute atomic E-state index is 6.22. The fourth-order valence-corrected chi connectivity index (χ4v) is 3.35. The van der Waals surface area contributed by atoms with Gasteiger partial charge in [0.1, 0.15) is 11.7 Å². The van der Waals surface area contributed by atoms with Crippen molar-refractivity contribution in [3.8, 4) is 22.6 Å². The SMILES string of the molecule is CCCCC(=NCc1ccc(-c2ccccc2-c2nn[nH]n2)nc1)N=C(N)c1ccccc1. The minimum atomic E-state index is 0.483. The Balaban J connectivity index is 1.53. The Morgan fingerprint density at radius 3 is 2.45 bits per heavy atom. The molecule has 3 N–H and O–H groups in total. The highest BCUT2D eigenvalue weighted by atomic mass is 15.5. The highest BCUT2D eigenvalue weighted by Gasteiger charge is 2.11. The molecule has 8 heteroatoms. The first-order valence-corrected chi connectivity index (χ1v) is 11.0. The van der Waals surface area contributed by atoms with Crippen LogP contribution in [0.4, 0.5) is 0 Å². The van der Waals surface area contributed by atoms with Crippen molar-refractivity contribution in [3.63, 3.8) is 0 Å². The van der Waals surface area contributed by atoms with Crippen LogP contribution >= 0.6 is 0 Å². The van der Waals surface area contributed by atoms with Crippen molar-refractivity contribution in [1.29, 1.82) is 0 Å². The molecule has 4 aromatic rings. The summed E-state index contributed by atoms with van der Waals surface area (Å²) in [6.45, 7) is 2.64. The Kier molecular flexibility index (Phi) is 7.27. The number of hydrogen-bond acceptors (Lipinski definition) is 5. The van der Waals surface area contributed by atoms with Crippen molar-refractivity contribution >= 4 is 11.7 Å². The van der Waals surface area contributed by atoms with E-state index in [4.69, 9.17) is 10.7 Å². The van der Waals surface area contributed by atoms with Gasteiger partial charge in [0.15, 0.2) is 0 Å². The van der Waals surface area contributed by atoms with E-state index < -0.39 is 0 Å². The minimum absolute atomic E-state index is 0.483. The van der Waals surface area contributed by atoms with Gasteiger partial charge in [-0.25, -0.2) is 4.99 Å². The summed E-state index contributed by atoms with van der Waals surface area (Å²) in [4.78, 5) is 14.0. The van der Waals surface area contributed by atoms with E-state index in [-0.39, 0.29) is 0 Å². The molecule has 0 atom stereocenters. The molecule has 0 aliphatic rings. The Morgan fingerprint density at radius 1 is 0.970 bits per heavy atom. The Bertz CT molecular complexity index is 1210. The van der Waals surface area contributed by atoms with Gasteiger partial charge in [-0.1, -0.05) is 74.0 Å². The third-order valence-electron chi connectivity index (χ3n) is 5.13. The minimum Gasteiger partial charge on any atom is -0.383 e. The predicted octanol–water partition coefficient (Wildman–Crippen LogP) is 4.42. The molecule has 0 aliphatic heterocycles. The number of nitrogens with zero attached hydrogens (tertiary/aromatic N) is 6. The summed E-state index contributed by atoms with van der Waals surface area (Å²) < 4.78 is 0. The predicted molar refractivity (Wildman–Crippen MR) is 131 cm³/mol. The van der Waals surface area contributed by atoms with Gasteiger partial charge < -0.3 is 5.73 Å². The van der Waals surface area contributed by atoms with Crippen LogP contribution in [0.15, 0.2) is 82.9 Å². The van der Waals surface area contributed by atoms with Gasteiger partial charge in [0.05, 0.1) is 12.2 Å². The van der Waals surface area contributed by atoms with Gasteiger partial charge in [-0.15, -0.1) is 10.2 Å². The zero-order valence-corrected chi connectivity index (χ0v) is 18.5. The van der Waals surface area contributed by atoms with Gasteiger partial charge in [0.2, 0.25) is 5.82 Å². The van der Waals surface area contributed by atoms with Gasteiger partial charge in [0, 0.05) is 29.3 Å². The molecule has 33 heavy (non-hydrogen) atoms. The number of amidine groups is 2. The van der Waals surface area contributed by atoms with Crippen LogP contribution in [-0.2, 0) is 6.54 Å². The number of tetrazole rings is 1. The topological polar surface area (TPSA) is 118 Å². The number of pyridine rings is 1. The van der Waals surface area contributed by atoms with Gasteiger partial charge in [0.25, 0.3) is 0 Å². The summed E-state index contributed by atoms with van der Waals surface area (Å²) in [6, 6.07) is 21.6. The fourth-order valence-electron chi connectivity index (χ4n) is 3.35. The van der Waals surface area contributed by atoms with Crippen molar-refractivity contribution < 1.29 is 0 Å². The molecule has 2 aromatic heterocycles. The maximum Gasteiger partial charge on any atom is 0.205 e. The zero-order valence-electron chi connectivity index (χ0n) is 18.5. The van der Waals surface area contributed by atoms with E-state index in [1.165, 1.54) is 0 Å². The molecule has 2 aromatic carbocycles. The monoisotopic (exact) mass is 438 g/mol. The number of hydrogen-bond donors (Lipinski definition) is 2. The number of nitrogens with one attached hydrogen (secondary N) is 1. The lowest BCUT2D eigenvalue weighted by Crippen LogP contribution is -2.15. The molecule has 2 heterocycles. The first kappa shape index (κ1) is 22.0. The summed E-state index contributed by atoms with van der Waals surface area (Å²) in [5, 5.41) is 14.3. The second kappa shape index (κ2) is 10.9. The zero-order chi connectivity index (χ0) is 22.9. The van der Waals surface area contributed by atoms with Crippen molar-refractivity contribution in [2.75, 3.05) is 0 Å². The molecular formula is C25H26N8. The molecule has 0 saturated carbocycles. The van der Waals surface area contributed by atoms with Crippen molar-refractivity contribution in [2.45, 2.75) is 32.7 Å². The summed E-state index contributed by atoms with van der Waals surface area (Å²) in [6.07, 6.45) is 4.70. The van der Waals surface area contributed by atoms with Crippen molar-refractivity contribution in [2.24, 2.45) is 15.7 Å². The number of H-pyrrole nitrogens is 1. The molecule has 4 rings (SSSR count). The molecule has 0 saturated heterocycles. The van der Waals surface area contributed by atoms with Crippen LogP contribution in [0.2, 0.25) is 0 Å². The van der Waals surface area contributed by atoms with E-state index in [2.05, 4.69) is 37.5 Å². The molecule has 166 valence electrons. The first-order chi connectivity index (χ1) is 16.2. The van der Waals surface area contributed by atoms with Crippen LogP contribution in [0.1, 0.15) is 37.3 Å². The average Bonchev–Trinajstić information content (AvgIpc) is 3.41. The number of aromatic amines is 1. The van der Waals surface area contributed by atoms with Crippen LogP contribution in [0, 0.1) is 0 Å². The lowest BCUT2D eigenvalue weighted by Gasteiger charge is -2.07. The Hall–Kier alpha value is -4.20. The van der Waals surface area contributed by atoms with E-state index in [9.17, 15) is 0 Å². The Labute approximate surface area is 192 Å². The quantitative estimate of drug-likeness (QED) is 0.312. The molecule has 8 nitrogen and oxygen atoms in total. The third kappa shape index (κ3) is 5.74. The smallest absolute Gasteiger partial charge is 0.205 e. The van der Waals surface area contributed by atoms with Crippen LogP contribution < -0.4 is 5.73 Å². The molecular weight excluding hydrogens is 412 g/mol. The van der Waals surface area contributed by atoms with Crippen molar-refractivity contribution in [3.05, 3.63) is 84.1 Å². The molecule has 0 spiro atoms. The average molecular weight is 439 g/mol. The van der Waals surface area contributed by atoms with Gasteiger partial charge in [-0.05, 0) is 23.3 Å². The third-order valence-corrected chi connectivity index (χ3v) is 5.13. The second-order valence-electron chi connectivity index (χ2n) is 7.53.